The molecule has 4 heteroatoms. The molecule has 0 bridgehead atoms. The van der Waals surface area contributed by atoms with Gasteiger partial charge in [0.1, 0.15) is 6.10 Å². The Hall–Kier alpha value is -0.870. The Morgan fingerprint density at radius 2 is 2.31 bits per heavy atom. The quantitative estimate of drug-likeness (QED) is 0.618. The molecule has 0 aromatic carbocycles. The summed E-state index contributed by atoms with van der Waals surface area (Å²) in [7, 11) is 0. The molecule has 1 fully saturated rings. The largest absolute Gasteiger partial charge is 0.500 e. The zero-order valence-electron chi connectivity index (χ0n) is 7.32. The zero-order valence-corrected chi connectivity index (χ0v) is 7.32. The lowest BCUT2D eigenvalue weighted by Crippen LogP contribution is -2.36. The Kier molecular flexibility index (Phi) is 2.61. The van der Waals surface area contributed by atoms with Crippen molar-refractivity contribution >= 4 is 5.78 Å². The minimum Gasteiger partial charge on any atom is -0.500 e. The van der Waals surface area contributed by atoms with Crippen LogP contribution in [0.3, 0.4) is 0 Å². The van der Waals surface area contributed by atoms with E-state index in [0.29, 0.717) is 32.8 Å². The Bertz CT molecular complexity index is 228. The van der Waals surface area contributed by atoms with Gasteiger partial charge in [0.25, 0.3) is 0 Å². The summed E-state index contributed by atoms with van der Waals surface area (Å²) in [5.41, 5.74) is 0.718. The third-order valence-corrected chi connectivity index (χ3v) is 2.14. The summed E-state index contributed by atoms with van der Waals surface area (Å²) in [6.45, 7) is 2.06. The standard InChI is InChI=1S/C9H12O4/c10-9(7-1-2-11-5-7)8-6-12-3-4-13-8/h5,8H,1-4,6H2. The van der Waals surface area contributed by atoms with Crippen molar-refractivity contribution in [2.45, 2.75) is 12.5 Å². The molecule has 2 aliphatic rings. The maximum Gasteiger partial charge on any atom is 0.193 e. The van der Waals surface area contributed by atoms with Crippen LogP contribution >= 0.6 is 0 Å². The van der Waals surface area contributed by atoms with Gasteiger partial charge in [-0.05, 0) is 0 Å². The second-order valence-electron chi connectivity index (χ2n) is 3.06. The first-order valence-corrected chi connectivity index (χ1v) is 4.42. The van der Waals surface area contributed by atoms with E-state index in [2.05, 4.69) is 0 Å². The van der Waals surface area contributed by atoms with Gasteiger partial charge >= 0.3 is 0 Å². The van der Waals surface area contributed by atoms with Crippen molar-refractivity contribution in [1.29, 1.82) is 0 Å². The molecule has 13 heavy (non-hydrogen) atoms. The van der Waals surface area contributed by atoms with E-state index >= 15 is 0 Å². The second-order valence-corrected chi connectivity index (χ2v) is 3.06. The van der Waals surface area contributed by atoms with Crippen molar-refractivity contribution in [3.8, 4) is 0 Å². The van der Waals surface area contributed by atoms with Gasteiger partial charge < -0.3 is 14.2 Å². The first-order chi connectivity index (χ1) is 6.38. The van der Waals surface area contributed by atoms with Crippen LogP contribution in [0.1, 0.15) is 6.42 Å². The number of ketones is 1. The molecule has 2 heterocycles. The highest BCUT2D eigenvalue weighted by Crippen LogP contribution is 2.16. The van der Waals surface area contributed by atoms with E-state index in [4.69, 9.17) is 14.2 Å². The van der Waals surface area contributed by atoms with Gasteiger partial charge in [-0.25, -0.2) is 0 Å². The first-order valence-electron chi connectivity index (χ1n) is 4.42. The highest BCUT2D eigenvalue weighted by molar-refractivity contribution is 5.99. The number of ether oxygens (including phenoxy) is 3. The van der Waals surface area contributed by atoms with Crippen molar-refractivity contribution in [2.75, 3.05) is 26.4 Å². The molecule has 0 aromatic heterocycles. The predicted molar refractivity (Wildman–Crippen MR) is 44.2 cm³/mol. The molecule has 0 aromatic rings. The normalized spacial score (nSPS) is 28.0. The van der Waals surface area contributed by atoms with Crippen LogP contribution in [0.4, 0.5) is 0 Å². The Morgan fingerprint density at radius 3 is 2.92 bits per heavy atom. The fraction of sp³-hybridized carbons (Fsp3) is 0.667. The molecule has 0 spiro atoms. The third kappa shape index (κ3) is 1.89. The van der Waals surface area contributed by atoms with Gasteiger partial charge in [0.2, 0.25) is 0 Å². The molecular weight excluding hydrogens is 172 g/mol. The van der Waals surface area contributed by atoms with Gasteiger partial charge in [-0.1, -0.05) is 0 Å². The molecular formula is C9H12O4. The molecule has 0 amide bonds. The van der Waals surface area contributed by atoms with Gasteiger partial charge in [-0.15, -0.1) is 0 Å². The average Bonchev–Trinajstić information content (AvgIpc) is 2.71. The second kappa shape index (κ2) is 3.89. The summed E-state index contributed by atoms with van der Waals surface area (Å²) in [6, 6.07) is 0. The number of hydrogen-bond donors (Lipinski definition) is 0. The fourth-order valence-corrected chi connectivity index (χ4v) is 1.41. The van der Waals surface area contributed by atoms with Crippen LogP contribution in [0.5, 0.6) is 0 Å². The van der Waals surface area contributed by atoms with Crippen LogP contribution in [0.2, 0.25) is 0 Å². The van der Waals surface area contributed by atoms with Crippen LogP contribution in [0.15, 0.2) is 11.8 Å². The SMILES string of the molecule is O=C(C1=COCC1)C1COCCO1. The van der Waals surface area contributed by atoms with Crippen molar-refractivity contribution < 1.29 is 19.0 Å². The summed E-state index contributed by atoms with van der Waals surface area (Å²) in [5, 5.41) is 0. The van der Waals surface area contributed by atoms with E-state index in [-0.39, 0.29) is 5.78 Å². The third-order valence-electron chi connectivity index (χ3n) is 2.14. The molecule has 2 rings (SSSR count). The van der Waals surface area contributed by atoms with E-state index in [0.717, 1.165) is 5.57 Å². The predicted octanol–water partition coefficient (Wildman–Crippen LogP) is 0.275. The minimum absolute atomic E-state index is 0.0113. The van der Waals surface area contributed by atoms with Gasteiger partial charge in [0, 0.05) is 12.0 Å². The van der Waals surface area contributed by atoms with Crippen molar-refractivity contribution in [2.24, 2.45) is 0 Å². The highest BCUT2D eigenvalue weighted by Gasteiger charge is 2.27. The molecule has 0 N–H and O–H groups in total. The number of Topliss-reactive ketones (excluding diaryl/α,β-unsaturated/α-hetero) is 1. The van der Waals surface area contributed by atoms with Crippen LogP contribution in [0.25, 0.3) is 0 Å². The van der Waals surface area contributed by atoms with Crippen molar-refractivity contribution in [1.82, 2.24) is 0 Å². The first kappa shape index (κ1) is 8.72. The topological polar surface area (TPSA) is 44.8 Å². The lowest BCUT2D eigenvalue weighted by atomic mass is 10.1. The van der Waals surface area contributed by atoms with Crippen LogP contribution in [-0.2, 0) is 19.0 Å². The van der Waals surface area contributed by atoms with Crippen molar-refractivity contribution in [3.05, 3.63) is 11.8 Å². The summed E-state index contributed by atoms with van der Waals surface area (Å²) in [5.74, 6) is 0.0113. The van der Waals surface area contributed by atoms with Crippen molar-refractivity contribution in [3.63, 3.8) is 0 Å². The Labute approximate surface area is 76.5 Å². The van der Waals surface area contributed by atoms with Gasteiger partial charge in [-0.2, -0.15) is 0 Å². The number of carbonyl (C=O) groups excluding carboxylic acids is 1. The Morgan fingerprint density at radius 1 is 1.38 bits per heavy atom. The summed E-state index contributed by atoms with van der Waals surface area (Å²) in [4.78, 5) is 11.6. The molecule has 0 saturated carbocycles. The maximum atomic E-state index is 11.6. The fourth-order valence-electron chi connectivity index (χ4n) is 1.41. The molecule has 2 aliphatic heterocycles. The van der Waals surface area contributed by atoms with E-state index in [1.54, 1.807) is 0 Å². The van der Waals surface area contributed by atoms with Gasteiger partial charge in [0.15, 0.2) is 5.78 Å². The monoisotopic (exact) mass is 184 g/mol. The van der Waals surface area contributed by atoms with Gasteiger partial charge in [-0.3, -0.25) is 4.79 Å². The lowest BCUT2D eigenvalue weighted by Gasteiger charge is -2.21. The number of hydrogen-bond acceptors (Lipinski definition) is 4. The van der Waals surface area contributed by atoms with E-state index in [1.165, 1.54) is 6.26 Å². The average molecular weight is 184 g/mol. The molecule has 1 atom stereocenters. The lowest BCUT2D eigenvalue weighted by molar-refractivity contribution is -0.141. The molecule has 1 saturated heterocycles. The Balaban J connectivity index is 1.94. The highest BCUT2D eigenvalue weighted by atomic mass is 16.6. The molecule has 0 radical (unpaired) electrons. The van der Waals surface area contributed by atoms with E-state index in [1.807, 2.05) is 0 Å². The van der Waals surface area contributed by atoms with E-state index < -0.39 is 6.10 Å². The molecule has 0 aliphatic carbocycles. The summed E-state index contributed by atoms with van der Waals surface area (Å²) >= 11 is 0. The molecule has 4 nitrogen and oxygen atoms in total. The van der Waals surface area contributed by atoms with E-state index in [9.17, 15) is 4.79 Å². The summed E-state index contributed by atoms with van der Waals surface area (Å²) in [6.07, 6.45) is 1.81. The smallest absolute Gasteiger partial charge is 0.193 e. The number of carbonyl (C=O) groups is 1. The van der Waals surface area contributed by atoms with Crippen LogP contribution in [-0.4, -0.2) is 38.3 Å². The summed E-state index contributed by atoms with van der Waals surface area (Å²) < 4.78 is 15.4. The molecule has 1 unspecified atom stereocenters. The van der Waals surface area contributed by atoms with Crippen LogP contribution in [0, 0.1) is 0 Å². The molecule has 72 valence electrons. The zero-order chi connectivity index (χ0) is 9.10. The van der Waals surface area contributed by atoms with Crippen LogP contribution < -0.4 is 0 Å². The minimum atomic E-state index is -0.415. The maximum absolute atomic E-state index is 11.6. The van der Waals surface area contributed by atoms with Gasteiger partial charge in [0.05, 0.1) is 32.7 Å². The number of rotatable bonds is 2.